The van der Waals surface area contributed by atoms with Crippen molar-refractivity contribution in [3.05, 3.63) is 23.2 Å². The molecule has 2 aliphatic rings. The summed E-state index contributed by atoms with van der Waals surface area (Å²) < 4.78 is 28.4. The van der Waals surface area contributed by atoms with Crippen LogP contribution in [0, 0.1) is 0 Å². The van der Waals surface area contributed by atoms with Crippen molar-refractivity contribution in [2.75, 3.05) is 0 Å². The first-order valence-electron chi connectivity index (χ1n) is 7.48. The molecule has 1 saturated heterocycles. The van der Waals surface area contributed by atoms with Crippen molar-refractivity contribution in [3.63, 3.8) is 0 Å². The Morgan fingerprint density at radius 1 is 1.24 bits per heavy atom. The molecule has 0 atom stereocenters. The molecule has 0 amide bonds. The van der Waals surface area contributed by atoms with Gasteiger partial charge in [0, 0.05) is 18.3 Å². The van der Waals surface area contributed by atoms with Crippen molar-refractivity contribution < 1.29 is 13.7 Å². The van der Waals surface area contributed by atoms with E-state index in [4.69, 9.17) is 9.31 Å². The second-order valence-electron chi connectivity index (χ2n) is 6.90. The number of fused-ring (bicyclic) bond motifs is 1. The molecule has 0 unspecified atom stereocenters. The van der Waals surface area contributed by atoms with Crippen LogP contribution in [0.5, 0.6) is 0 Å². The van der Waals surface area contributed by atoms with Crippen molar-refractivity contribution >= 4 is 12.7 Å². The first-order valence-corrected chi connectivity index (χ1v) is 7.48. The lowest BCUT2D eigenvalue weighted by atomic mass is 9.79. The lowest BCUT2D eigenvalue weighted by molar-refractivity contribution is 0.00578. The average Bonchev–Trinajstić information content (AvgIpc) is 2.87. The van der Waals surface area contributed by atoms with E-state index in [1.165, 1.54) is 0 Å². The molecule has 6 heteroatoms. The normalized spacial score (nSPS) is 25.9. The van der Waals surface area contributed by atoms with E-state index in [2.05, 4.69) is 5.10 Å². The Kier molecular flexibility index (Phi) is 3.30. The van der Waals surface area contributed by atoms with Crippen LogP contribution in [0.1, 0.15) is 51.8 Å². The number of aromatic nitrogens is 2. The molecule has 0 saturated carbocycles. The zero-order valence-electron chi connectivity index (χ0n) is 13.4. The summed E-state index contributed by atoms with van der Waals surface area (Å²) in [4.78, 5) is 0. The fourth-order valence-corrected chi connectivity index (χ4v) is 2.92. The van der Waals surface area contributed by atoms with Gasteiger partial charge in [-0.25, -0.2) is 4.39 Å². The number of nitrogens with zero attached hydrogens (tertiary/aromatic N) is 2. The molecule has 1 aliphatic heterocycles. The van der Waals surface area contributed by atoms with Crippen LogP contribution in [0.2, 0.25) is 0 Å². The molecular formula is C15H22BFN2O2. The summed E-state index contributed by atoms with van der Waals surface area (Å²) in [6.07, 6.45) is 4.31. The summed E-state index contributed by atoms with van der Waals surface area (Å²) in [6.45, 7) is 7.73. The van der Waals surface area contributed by atoms with Crippen molar-refractivity contribution in [1.29, 1.82) is 0 Å². The van der Waals surface area contributed by atoms with E-state index in [1.807, 2.05) is 39.4 Å². The molecule has 3 rings (SSSR count). The third-order valence-corrected chi connectivity index (χ3v) is 4.98. The highest BCUT2D eigenvalue weighted by molar-refractivity contribution is 6.55. The van der Waals surface area contributed by atoms with Gasteiger partial charge in [-0.05, 0) is 52.5 Å². The second-order valence-corrected chi connectivity index (χ2v) is 6.90. The fourth-order valence-electron chi connectivity index (χ4n) is 2.92. The van der Waals surface area contributed by atoms with Crippen molar-refractivity contribution in [1.82, 2.24) is 9.78 Å². The summed E-state index contributed by atoms with van der Waals surface area (Å²) in [5.74, 6) is 0. The third-order valence-electron chi connectivity index (χ3n) is 4.98. The largest absolute Gasteiger partial charge is 0.525 e. The smallest absolute Gasteiger partial charge is 0.398 e. The summed E-state index contributed by atoms with van der Waals surface area (Å²) in [7, 11) is 0.977. The van der Waals surface area contributed by atoms with E-state index in [1.54, 1.807) is 6.20 Å². The SMILES string of the molecule is Cn1ncc2c1CCCC2=C(F)B1OC(C)(C)C(C)(C)O1. The molecule has 0 N–H and O–H groups in total. The monoisotopic (exact) mass is 292 g/mol. The lowest BCUT2D eigenvalue weighted by Crippen LogP contribution is -2.41. The van der Waals surface area contributed by atoms with Gasteiger partial charge < -0.3 is 9.31 Å². The summed E-state index contributed by atoms with van der Waals surface area (Å²) >= 11 is 0. The molecular weight excluding hydrogens is 270 g/mol. The predicted molar refractivity (Wildman–Crippen MR) is 80.3 cm³/mol. The lowest BCUT2D eigenvalue weighted by Gasteiger charge is -2.32. The standard InChI is InChI=1S/C15H22BFN2O2/c1-14(2)15(3,4)21-16(20-14)13(17)10-7-6-8-12-11(10)9-18-19(12)5/h9H,6-8H2,1-5H3. The van der Waals surface area contributed by atoms with E-state index in [9.17, 15) is 4.39 Å². The zero-order valence-corrected chi connectivity index (χ0v) is 13.4. The fraction of sp³-hybridized carbons (Fsp3) is 0.667. The molecule has 1 aliphatic carbocycles. The van der Waals surface area contributed by atoms with Gasteiger partial charge in [-0.1, -0.05) is 0 Å². The van der Waals surface area contributed by atoms with E-state index in [0.717, 1.165) is 24.1 Å². The minimum absolute atomic E-state index is 0.303. The first-order chi connectivity index (χ1) is 9.73. The van der Waals surface area contributed by atoms with Gasteiger partial charge in [0.1, 0.15) is 5.73 Å². The van der Waals surface area contributed by atoms with Crippen molar-refractivity contribution in [2.45, 2.75) is 58.2 Å². The van der Waals surface area contributed by atoms with Gasteiger partial charge >= 0.3 is 7.12 Å². The van der Waals surface area contributed by atoms with E-state index in [-0.39, 0.29) is 5.73 Å². The number of halogens is 1. The summed E-state index contributed by atoms with van der Waals surface area (Å²) in [5, 5.41) is 4.25. The number of allylic oxidation sites excluding steroid dienone is 1. The second kappa shape index (κ2) is 4.68. The van der Waals surface area contributed by atoms with Gasteiger partial charge in [-0.3, -0.25) is 4.68 Å². The first kappa shape index (κ1) is 14.8. The third kappa shape index (κ3) is 2.25. The molecule has 0 radical (unpaired) electrons. The molecule has 1 aromatic heterocycles. The molecule has 0 aromatic carbocycles. The topological polar surface area (TPSA) is 36.3 Å². The number of hydrogen-bond donors (Lipinski definition) is 0. The van der Waals surface area contributed by atoms with Gasteiger partial charge in [-0.2, -0.15) is 5.10 Å². The van der Waals surface area contributed by atoms with Crippen LogP contribution in [0.15, 0.2) is 11.9 Å². The maximum atomic E-state index is 15.0. The van der Waals surface area contributed by atoms with E-state index >= 15 is 0 Å². The van der Waals surface area contributed by atoms with Crippen LogP contribution >= 0.6 is 0 Å². The minimum atomic E-state index is -0.920. The maximum absolute atomic E-state index is 15.0. The Bertz CT molecular complexity index is 591. The molecule has 0 bridgehead atoms. The van der Waals surface area contributed by atoms with E-state index < -0.39 is 18.3 Å². The summed E-state index contributed by atoms with van der Waals surface area (Å²) in [6, 6.07) is 0. The Balaban J connectivity index is 1.98. The molecule has 0 spiro atoms. The Labute approximate surface area is 125 Å². The Hall–Kier alpha value is -1.14. The van der Waals surface area contributed by atoms with E-state index in [0.29, 0.717) is 12.0 Å². The Morgan fingerprint density at radius 3 is 2.48 bits per heavy atom. The molecule has 1 fully saturated rings. The average molecular weight is 292 g/mol. The highest BCUT2D eigenvalue weighted by Crippen LogP contribution is 2.42. The molecule has 4 nitrogen and oxygen atoms in total. The van der Waals surface area contributed by atoms with Crippen LogP contribution in [0.4, 0.5) is 4.39 Å². The molecule has 114 valence electrons. The van der Waals surface area contributed by atoms with Gasteiger partial charge in [0.15, 0.2) is 0 Å². The highest BCUT2D eigenvalue weighted by Gasteiger charge is 2.53. The maximum Gasteiger partial charge on any atom is 0.525 e. The van der Waals surface area contributed by atoms with Crippen LogP contribution in [-0.2, 0) is 22.8 Å². The number of hydrogen-bond acceptors (Lipinski definition) is 3. The minimum Gasteiger partial charge on any atom is -0.398 e. The van der Waals surface area contributed by atoms with Crippen LogP contribution in [0.3, 0.4) is 0 Å². The predicted octanol–water partition coefficient (Wildman–Crippen LogP) is 3.07. The van der Waals surface area contributed by atoms with Gasteiger partial charge in [0.2, 0.25) is 0 Å². The number of rotatable bonds is 1. The molecule has 1 aromatic rings. The van der Waals surface area contributed by atoms with Crippen LogP contribution in [-0.4, -0.2) is 28.1 Å². The highest BCUT2D eigenvalue weighted by atomic mass is 19.1. The van der Waals surface area contributed by atoms with Crippen LogP contribution in [0.25, 0.3) is 5.57 Å². The molecule has 21 heavy (non-hydrogen) atoms. The van der Waals surface area contributed by atoms with Gasteiger partial charge in [0.25, 0.3) is 0 Å². The van der Waals surface area contributed by atoms with Gasteiger partial charge in [-0.15, -0.1) is 0 Å². The Morgan fingerprint density at radius 2 is 1.86 bits per heavy atom. The van der Waals surface area contributed by atoms with Crippen molar-refractivity contribution in [3.8, 4) is 0 Å². The quantitative estimate of drug-likeness (QED) is 0.746. The zero-order chi connectivity index (χ0) is 15.4. The number of aryl methyl sites for hydroxylation is 1. The van der Waals surface area contributed by atoms with Crippen LogP contribution < -0.4 is 0 Å². The van der Waals surface area contributed by atoms with Gasteiger partial charge in [0.05, 0.1) is 17.4 Å². The molecule has 2 heterocycles. The van der Waals surface area contributed by atoms with Crippen molar-refractivity contribution in [2.24, 2.45) is 7.05 Å². The summed E-state index contributed by atoms with van der Waals surface area (Å²) in [5.41, 5.74) is 1.31.